The third-order valence-corrected chi connectivity index (χ3v) is 4.65. The van der Waals surface area contributed by atoms with E-state index in [1.54, 1.807) is 0 Å². The average molecular weight is 377 g/mol. The van der Waals surface area contributed by atoms with Gasteiger partial charge in [-0.25, -0.2) is 0 Å². The van der Waals surface area contributed by atoms with Gasteiger partial charge in [0.15, 0.2) is 6.10 Å². The normalized spacial score (nSPS) is 11.8. The summed E-state index contributed by atoms with van der Waals surface area (Å²) in [5.74, 6) is 1.43. The van der Waals surface area contributed by atoms with E-state index >= 15 is 0 Å². The van der Waals surface area contributed by atoms with E-state index in [2.05, 4.69) is 23.5 Å². The summed E-state index contributed by atoms with van der Waals surface area (Å²) in [6.45, 7) is 6.81. The largest absolute Gasteiger partial charge is 0.492 e. The number of fused-ring (bicyclic) bond motifs is 1. The predicted molar refractivity (Wildman–Crippen MR) is 113 cm³/mol. The second kappa shape index (κ2) is 9.27. The van der Waals surface area contributed by atoms with Crippen LogP contribution in [0.25, 0.3) is 10.8 Å². The summed E-state index contributed by atoms with van der Waals surface area (Å²) in [5, 5.41) is 5.22. The zero-order valence-electron chi connectivity index (χ0n) is 16.7. The Hall–Kier alpha value is -3.01. The molecule has 0 spiro atoms. The first-order valence-electron chi connectivity index (χ1n) is 9.70. The molecule has 0 saturated carbocycles. The lowest BCUT2D eigenvalue weighted by Crippen LogP contribution is -2.39. The lowest BCUT2D eigenvalue weighted by Gasteiger charge is -2.19. The van der Waals surface area contributed by atoms with Crippen molar-refractivity contribution in [2.45, 2.75) is 33.3 Å². The molecule has 0 unspecified atom stereocenters. The van der Waals surface area contributed by atoms with Crippen LogP contribution in [0.4, 0.5) is 0 Å². The molecule has 0 saturated heterocycles. The number of aryl methyl sites for hydroxylation is 2. The van der Waals surface area contributed by atoms with Crippen LogP contribution in [0.5, 0.6) is 11.5 Å². The average Bonchev–Trinajstić information content (AvgIpc) is 2.70. The van der Waals surface area contributed by atoms with E-state index < -0.39 is 6.10 Å². The Morgan fingerprint density at radius 2 is 1.79 bits per heavy atom. The summed E-state index contributed by atoms with van der Waals surface area (Å²) in [6, 6.07) is 20.1. The van der Waals surface area contributed by atoms with Crippen molar-refractivity contribution in [3.8, 4) is 11.5 Å². The van der Waals surface area contributed by atoms with Crippen molar-refractivity contribution in [2.75, 3.05) is 13.2 Å². The third-order valence-electron chi connectivity index (χ3n) is 4.65. The van der Waals surface area contributed by atoms with Crippen LogP contribution in [-0.4, -0.2) is 25.2 Å². The molecule has 1 atom stereocenters. The van der Waals surface area contributed by atoms with Crippen LogP contribution in [-0.2, 0) is 4.79 Å². The molecule has 146 valence electrons. The lowest BCUT2D eigenvalue weighted by atomic mass is 10.1. The van der Waals surface area contributed by atoms with Gasteiger partial charge in [-0.2, -0.15) is 0 Å². The van der Waals surface area contributed by atoms with Gasteiger partial charge in [0.25, 0.3) is 5.91 Å². The molecule has 1 N–H and O–H groups in total. The standard InChI is InChI=1S/C24H27NO3/c1-4-22(28-23-12-9-17(2)15-18(23)3)24(26)25-13-14-27-21-11-10-19-7-5-6-8-20(19)16-21/h5-12,15-16,22H,4,13-14H2,1-3H3,(H,25,26)/t22-/m0/s1. The number of hydrogen-bond donors (Lipinski definition) is 1. The van der Waals surface area contributed by atoms with Crippen molar-refractivity contribution in [3.05, 3.63) is 71.8 Å². The molecule has 3 aromatic carbocycles. The first kappa shape index (κ1) is 19.7. The molecule has 0 aliphatic rings. The summed E-state index contributed by atoms with van der Waals surface area (Å²) in [4.78, 5) is 12.5. The summed E-state index contributed by atoms with van der Waals surface area (Å²) in [7, 11) is 0. The van der Waals surface area contributed by atoms with E-state index in [1.807, 2.05) is 63.2 Å². The van der Waals surface area contributed by atoms with Crippen LogP contribution in [0, 0.1) is 13.8 Å². The van der Waals surface area contributed by atoms with Crippen molar-refractivity contribution >= 4 is 16.7 Å². The van der Waals surface area contributed by atoms with Crippen molar-refractivity contribution in [2.24, 2.45) is 0 Å². The number of ether oxygens (including phenoxy) is 2. The quantitative estimate of drug-likeness (QED) is 0.573. The highest BCUT2D eigenvalue weighted by molar-refractivity contribution is 5.83. The first-order valence-corrected chi connectivity index (χ1v) is 9.70. The minimum Gasteiger partial charge on any atom is -0.492 e. The van der Waals surface area contributed by atoms with Crippen LogP contribution < -0.4 is 14.8 Å². The highest BCUT2D eigenvalue weighted by Gasteiger charge is 2.18. The number of carbonyl (C=O) groups excluding carboxylic acids is 1. The summed E-state index contributed by atoms with van der Waals surface area (Å²) in [6.07, 6.45) is 0.0899. The summed E-state index contributed by atoms with van der Waals surface area (Å²) in [5.41, 5.74) is 2.21. The van der Waals surface area contributed by atoms with Gasteiger partial charge in [0, 0.05) is 0 Å². The van der Waals surface area contributed by atoms with E-state index in [4.69, 9.17) is 9.47 Å². The maximum absolute atomic E-state index is 12.5. The number of carbonyl (C=O) groups is 1. The molecule has 4 heteroatoms. The Morgan fingerprint density at radius 3 is 2.54 bits per heavy atom. The van der Waals surface area contributed by atoms with Crippen LogP contribution >= 0.6 is 0 Å². The van der Waals surface area contributed by atoms with Crippen molar-refractivity contribution < 1.29 is 14.3 Å². The Labute approximate surface area is 166 Å². The van der Waals surface area contributed by atoms with E-state index in [1.165, 1.54) is 10.9 Å². The zero-order chi connectivity index (χ0) is 19.9. The summed E-state index contributed by atoms with van der Waals surface area (Å²) >= 11 is 0. The number of nitrogens with one attached hydrogen (secondary N) is 1. The Balaban J connectivity index is 1.49. The fourth-order valence-electron chi connectivity index (χ4n) is 3.12. The van der Waals surface area contributed by atoms with Gasteiger partial charge in [-0.15, -0.1) is 0 Å². The maximum atomic E-state index is 12.5. The monoisotopic (exact) mass is 377 g/mol. The maximum Gasteiger partial charge on any atom is 0.261 e. The number of amides is 1. The molecule has 28 heavy (non-hydrogen) atoms. The van der Waals surface area contributed by atoms with Gasteiger partial charge in [-0.1, -0.05) is 55.0 Å². The van der Waals surface area contributed by atoms with Crippen molar-refractivity contribution in [1.82, 2.24) is 5.32 Å². The molecular weight excluding hydrogens is 350 g/mol. The predicted octanol–water partition coefficient (Wildman–Crippen LogP) is 4.81. The number of hydrogen-bond acceptors (Lipinski definition) is 3. The highest BCUT2D eigenvalue weighted by atomic mass is 16.5. The SMILES string of the molecule is CC[C@H](Oc1ccc(C)cc1C)C(=O)NCCOc1ccc2ccccc2c1. The molecule has 0 aliphatic carbocycles. The molecule has 0 bridgehead atoms. The molecule has 3 rings (SSSR count). The Kier molecular flexibility index (Phi) is 6.53. The van der Waals surface area contributed by atoms with E-state index in [0.29, 0.717) is 19.6 Å². The van der Waals surface area contributed by atoms with Crippen LogP contribution in [0.3, 0.4) is 0 Å². The van der Waals surface area contributed by atoms with Gasteiger partial charge < -0.3 is 14.8 Å². The Morgan fingerprint density at radius 1 is 1.00 bits per heavy atom. The van der Waals surface area contributed by atoms with E-state index in [-0.39, 0.29) is 5.91 Å². The smallest absolute Gasteiger partial charge is 0.261 e. The van der Waals surface area contributed by atoms with Crippen molar-refractivity contribution in [1.29, 1.82) is 0 Å². The minimum absolute atomic E-state index is 0.121. The molecular formula is C24H27NO3. The highest BCUT2D eigenvalue weighted by Crippen LogP contribution is 2.21. The topological polar surface area (TPSA) is 47.6 Å². The fraction of sp³-hybridized carbons (Fsp3) is 0.292. The minimum atomic E-state index is -0.512. The van der Waals surface area contributed by atoms with E-state index in [0.717, 1.165) is 22.4 Å². The third kappa shape index (κ3) is 5.03. The molecule has 0 aromatic heterocycles. The van der Waals surface area contributed by atoms with E-state index in [9.17, 15) is 4.79 Å². The second-order valence-electron chi connectivity index (χ2n) is 6.93. The molecule has 1 amide bonds. The van der Waals surface area contributed by atoms with Gasteiger partial charge in [0.1, 0.15) is 18.1 Å². The lowest BCUT2D eigenvalue weighted by molar-refractivity contribution is -0.128. The second-order valence-corrected chi connectivity index (χ2v) is 6.93. The molecule has 0 aliphatic heterocycles. The van der Waals surface area contributed by atoms with Gasteiger partial charge in [0.2, 0.25) is 0 Å². The molecule has 0 radical (unpaired) electrons. The van der Waals surface area contributed by atoms with Gasteiger partial charge in [0.05, 0.1) is 6.54 Å². The van der Waals surface area contributed by atoms with Crippen molar-refractivity contribution in [3.63, 3.8) is 0 Å². The molecule has 0 heterocycles. The zero-order valence-corrected chi connectivity index (χ0v) is 16.7. The molecule has 0 fully saturated rings. The summed E-state index contributed by atoms with van der Waals surface area (Å²) < 4.78 is 11.7. The first-order chi connectivity index (χ1) is 13.6. The number of benzene rings is 3. The van der Waals surface area contributed by atoms with Crippen LogP contribution in [0.15, 0.2) is 60.7 Å². The molecule has 4 nitrogen and oxygen atoms in total. The molecule has 3 aromatic rings. The number of rotatable bonds is 8. The van der Waals surface area contributed by atoms with Gasteiger partial charge >= 0.3 is 0 Å². The fourth-order valence-corrected chi connectivity index (χ4v) is 3.12. The Bertz CT molecular complexity index is 951. The van der Waals surface area contributed by atoms with Crippen LogP contribution in [0.1, 0.15) is 24.5 Å². The van der Waals surface area contributed by atoms with Gasteiger partial charge in [-0.05, 0) is 54.8 Å². The van der Waals surface area contributed by atoms with Crippen LogP contribution in [0.2, 0.25) is 0 Å². The van der Waals surface area contributed by atoms with Gasteiger partial charge in [-0.3, -0.25) is 4.79 Å².